The molecule has 1 atom stereocenters. The van der Waals surface area contributed by atoms with E-state index >= 15 is 0 Å². The zero-order valence-electron chi connectivity index (χ0n) is 16.7. The van der Waals surface area contributed by atoms with Gasteiger partial charge in [-0.25, -0.2) is 9.37 Å². The Labute approximate surface area is 170 Å². The van der Waals surface area contributed by atoms with Gasteiger partial charge in [0.25, 0.3) is 0 Å². The van der Waals surface area contributed by atoms with Gasteiger partial charge in [0.1, 0.15) is 17.7 Å². The summed E-state index contributed by atoms with van der Waals surface area (Å²) in [6.07, 6.45) is 5.45. The molecule has 0 amide bonds. The molecule has 2 aromatic carbocycles. The van der Waals surface area contributed by atoms with E-state index in [1.807, 2.05) is 24.0 Å². The van der Waals surface area contributed by atoms with Gasteiger partial charge < -0.3 is 19.9 Å². The van der Waals surface area contributed by atoms with E-state index < -0.39 is 0 Å². The van der Waals surface area contributed by atoms with Crippen molar-refractivity contribution in [2.75, 3.05) is 13.6 Å². The highest BCUT2D eigenvalue weighted by Crippen LogP contribution is 2.12. The molecule has 2 N–H and O–H groups in total. The van der Waals surface area contributed by atoms with E-state index in [0.717, 1.165) is 12.1 Å². The van der Waals surface area contributed by atoms with Crippen molar-refractivity contribution in [3.05, 3.63) is 84.2 Å². The van der Waals surface area contributed by atoms with E-state index in [-0.39, 0.29) is 11.9 Å². The molecule has 0 saturated carbocycles. The van der Waals surface area contributed by atoms with Crippen LogP contribution in [0, 0.1) is 5.82 Å². The van der Waals surface area contributed by atoms with Gasteiger partial charge in [-0.15, -0.1) is 0 Å². The van der Waals surface area contributed by atoms with E-state index in [1.54, 1.807) is 25.4 Å². The maximum atomic E-state index is 13.0. The van der Waals surface area contributed by atoms with Crippen molar-refractivity contribution in [3.63, 3.8) is 0 Å². The van der Waals surface area contributed by atoms with Crippen molar-refractivity contribution in [3.8, 4) is 5.75 Å². The van der Waals surface area contributed by atoms with Crippen LogP contribution in [0.4, 0.5) is 4.39 Å². The van der Waals surface area contributed by atoms with Crippen LogP contribution in [0.25, 0.3) is 0 Å². The van der Waals surface area contributed by atoms with Gasteiger partial charge >= 0.3 is 0 Å². The molecule has 7 heteroatoms. The zero-order chi connectivity index (χ0) is 20.5. The van der Waals surface area contributed by atoms with E-state index in [9.17, 15) is 4.39 Å². The summed E-state index contributed by atoms with van der Waals surface area (Å²) in [6, 6.07) is 14.5. The average Bonchev–Trinajstić information content (AvgIpc) is 3.24. The molecule has 0 bridgehead atoms. The summed E-state index contributed by atoms with van der Waals surface area (Å²) in [5.41, 5.74) is 2.39. The second kappa shape index (κ2) is 10.3. The number of nitrogens with one attached hydrogen (secondary N) is 2. The lowest BCUT2D eigenvalue weighted by Crippen LogP contribution is -2.41. The van der Waals surface area contributed by atoms with Gasteiger partial charge in [0.2, 0.25) is 0 Å². The summed E-state index contributed by atoms with van der Waals surface area (Å²) >= 11 is 0. The number of hydrogen-bond donors (Lipinski definition) is 2. The minimum absolute atomic E-state index is 0.0959. The zero-order valence-corrected chi connectivity index (χ0v) is 16.7. The Morgan fingerprint density at radius 3 is 2.48 bits per heavy atom. The molecule has 0 fully saturated rings. The topological polar surface area (TPSA) is 63.5 Å². The van der Waals surface area contributed by atoms with Crippen LogP contribution < -0.4 is 15.4 Å². The van der Waals surface area contributed by atoms with Crippen molar-refractivity contribution in [1.29, 1.82) is 0 Å². The first-order chi connectivity index (χ1) is 14.1. The standard InChI is InChI=1S/C22H26FN5O/c1-17(29-21-9-7-20(23)8-10-21)13-26-22(24-2)27-14-18-3-5-19(6-4-18)15-28-12-11-25-16-28/h3-12,16-17H,13-15H2,1-2H3,(H2,24,26,27). The van der Waals surface area contributed by atoms with Crippen LogP contribution in [0.3, 0.4) is 0 Å². The van der Waals surface area contributed by atoms with E-state index in [2.05, 4.69) is 44.9 Å². The third-order valence-electron chi connectivity index (χ3n) is 4.34. The molecule has 3 aromatic rings. The summed E-state index contributed by atoms with van der Waals surface area (Å²) in [5.74, 6) is 1.06. The third kappa shape index (κ3) is 6.64. The first kappa shape index (κ1) is 20.4. The Morgan fingerprint density at radius 2 is 1.83 bits per heavy atom. The second-order valence-corrected chi connectivity index (χ2v) is 6.74. The van der Waals surface area contributed by atoms with E-state index in [4.69, 9.17) is 4.74 Å². The minimum atomic E-state index is -0.275. The lowest BCUT2D eigenvalue weighted by atomic mass is 10.1. The molecule has 29 heavy (non-hydrogen) atoms. The van der Waals surface area contributed by atoms with Crippen molar-refractivity contribution in [2.45, 2.75) is 26.1 Å². The molecule has 6 nitrogen and oxygen atoms in total. The Hall–Kier alpha value is -3.35. The normalized spacial score (nSPS) is 12.4. The molecule has 0 aliphatic heterocycles. The van der Waals surface area contributed by atoms with Gasteiger partial charge in [0.15, 0.2) is 5.96 Å². The van der Waals surface area contributed by atoms with Crippen LogP contribution in [-0.2, 0) is 13.1 Å². The maximum Gasteiger partial charge on any atom is 0.191 e. The molecule has 0 aliphatic carbocycles. The molecule has 0 spiro atoms. The van der Waals surface area contributed by atoms with Gasteiger partial charge in [-0.05, 0) is 42.3 Å². The molecule has 3 rings (SSSR count). The number of aliphatic imine (C=N–C) groups is 1. The van der Waals surface area contributed by atoms with Gasteiger partial charge in [-0.1, -0.05) is 24.3 Å². The van der Waals surface area contributed by atoms with Crippen LogP contribution in [-0.4, -0.2) is 35.2 Å². The molecule has 0 aliphatic rings. The molecule has 152 valence electrons. The Bertz CT molecular complexity index is 892. The number of halogens is 1. The summed E-state index contributed by atoms with van der Waals surface area (Å²) in [5, 5.41) is 6.54. The van der Waals surface area contributed by atoms with Gasteiger partial charge in [0.05, 0.1) is 12.9 Å². The Kier molecular flexibility index (Phi) is 7.22. The van der Waals surface area contributed by atoms with Crippen LogP contribution in [0.5, 0.6) is 5.75 Å². The highest BCUT2D eigenvalue weighted by atomic mass is 19.1. The molecule has 0 saturated heterocycles. The van der Waals surface area contributed by atoms with E-state index in [1.165, 1.54) is 17.7 Å². The number of ether oxygens (including phenoxy) is 1. The van der Waals surface area contributed by atoms with Crippen molar-refractivity contribution in [2.24, 2.45) is 4.99 Å². The Morgan fingerprint density at radius 1 is 1.10 bits per heavy atom. The van der Waals surface area contributed by atoms with Crippen molar-refractivity contribution in [1.82, 2.24) is 20.2 Å². The molecule has 1 unspecified atom stereocenters. The summed E-state index contributed by atoms with van der Waals surface area (Å²) < 4.78 is 20.8. The van der Waals surface area contributed by atoms with Crippen molar-refractivity contribution < 1.29 is 9.13 Å². The van der Waals surface area contributed by atoms with Crippen LogP contribution in [0.1, 0.15) is 18.1 Å². The minimum Gasteiger partial charge on any atom is -0.489 e. The summed E-state index contributed by atoms with van der Waals surface area (Å²) in [4.78, 5) is 8.30. The fraction of sp³-hybridized carbons (Fsp3) is 0.273. The average molecular weight is 395 g/mol. The lowest BCUT2D eigenvalue weighted by molar-refractivity contribution is 0.223. The molecular weight excluding hydrogens is 369 g/mol. The quantitative estimate of drug-likeness (QED) is 0.454. The van der Waals surface area contributed by atoms with Crippen LogP contribution in [0.2, 0.25) is 0 Å². The number of hydrogen-bond acceptors (Lipinski definition) is 3. The number of nitrogens with zero attached hydrogens (tertiary/aromatic N) is 3. The smallest absolute Gasteiger partial charge is 0.191 e. The van der Waals surface area contributed by atoms with Gasteiger partial charge in [-0.2, -0.15) is 0 Å². The second-order valence-electron chi connectivity index (χ2n) is 6.74. The van der Waals surface area contributed by atoms with Crippen molar-refractivity contribution >= 4 is 5.96 Å². The monoisotopic (exact) mass is 395 g/mol. The SMILES string of the molecule is CN=C(NCc1ccc(Cn2ccnc2)cc1)NCC(C)Oc1ccc(F)cc1. The van der Waals surface area contributed by atoms with Gasteiger partial charge in [0, 0.05) is 32.5 Å². The predicted molar refractivity (Wildman–Crippen MR) is 112 cm³/mol. The number of rotatable bonds is 8. The molecule has 1 heterocycles. The first-order valence-corrected chi connectivity index (χ1v) is 9.52. The van der Waals surface area contributed by atoms with Gasteiger partial charge in [-0.3, -0.25) is 4.99 Å². The summed E-state index contributed by atoms with van der Waals surface area (Å²) in [6.45, 7) is 3.99. The van der Waals surface area contributed by atoms with E-state index in [0.29, 0.717) is 24.8 Å². The maximum absolute atomic E-state index is 13.0. The highest BCUT2D eigenvalue weighted by molar-refractivity contribution is 5.79. The van der Waals surface area contributed by atoms with Crippen LogP contribution >= 0.6 is 0 Å². The number of benzene rings is 2. The molecule has 1 aromatic heterocycles. The number of imidazole rings is 1. The number of aromatic nitrogens is 2. The fourth-order valence-electron chi connectivity index (χ4n) is 2.79. The lowest BCUT2D eigenvalue weighted by Gasteiger charge is -2.18. The predicted octanol–water partition coefficient (Wildman–Crippen LogP) is 3.20. The third-order valence-corrected chi connectivity index (χ3v) is 4.34. The molecular formula is C22H26FN5O. The van der Waals surface area contributed by atoms with Crippen LogP contribution in [0.15, 0.2) is 72.2 Å². The largest absolute Gasteiger partial charge is 0.489 e. The number of guanidine groups is 1. The summed E-state index contributed by atoms with van der Waals surface area (Å²) in [7, 11) is 1.73. The molecule has 0 radical (unpaired) electrons. The highest BCUT2D eigenvalue weighted by Gasteiger charge is 2.06. The Balaban J connectivity index is 1.42. The first-order valence-electron chi connectivity index (χ1n) is 9.52. The fourth-order valence-corrected chi connectivity index (χ4v) is 2.79.